The number of hydrogen-bond acceptors (Lipinski definition) is 5. The van der Waals surface area contributed by atoms with Crippen LogP contribution in [-0.4, -0.2) is 19.6 Å². The third-order valence-corrected chi connectivity index (χ3v) is 3.53. The smallest absolute Gasteiger partial charge is 0.183 e. The van der Waals surface area contributed by atoms with Crippen LogP contribution in [0.5, 0.6) is 0 Å². The van der Waals surface area contributed by atoms with Crippen LogP contribution in [0.3, 0.4) is 0 Å². The molecule has 3 aromatic heterocycles. The summed E-state index contributed by atoms with van der Waals surface area (Å²) in [4.78, 5) is 5.49. The summed E-state index contributed by atoms with van der Waals surface area (Å²) in [7, 11) is 0. The van der Waals surface area contributed by atoms with Crippen molar-refractivity contribution in [3.63, 3.8) is 0 Å². The molecule has 18 heavy (non-hydrogen) atoms. The Hall–Kier alpha value is -1.95. The molecule has 5 nitrogen and oxygen atoms in total. The van der Waals surface area contributed by atoms with Crippen molar-refractivity contribution >= 4 is 22.1 Å². The second kappa shape index (κ2) is 4.38. The Morgan fingerprint density at radius 1 is 1.33 bits per heavy atom. The van der Waals surface area contributed by atoms with Crippen molar-refractivity contribution in [2.24, 2.45) is 0 Å². The van der Waals surface area contributed by atoms with E-state index in [0.29, 0.717) is 0 Å². The number of pyridine rings is 1. The number of nitrogens with zero attached hydrogens (tertiary/aromatic N) is 4. The molecular weight excluding hydrogens is 246 g/mol. The Bertz CT molecular complexity index is 672. The number of hydrogen-bond donors (Lipinski definition) is 1. The monoisotopic (exact) mass is 259 g/mol. The molecule has 0 aliphatic carbocycles. The van der Waals surface area contributed by atoms with Gasteiger partial charge in [-0.25, -0.2) is 4.98 Å². The third kappa shape index (κ3) is 1.95. The molecule has 0 saturated carbocycles. The largest absolute Gasteiger partial charge is 0.352 e. The summed E-state index contributed by atoms with van der Waals surface area (Å²) in [5.41, 5.74) is 0.858. The summed E-state index contributed by atoms with van der Waals surface area (Å²) < 4.78 is 1.98. The van der Waals surface area contributed by atoms with Crippen LogP contribution >= 0.6 is 11.3 Å². The minimum Gasteiger partial charge on any atom is -0.352 e. The minimum absolute atomic E-state index is 0.0629. The average Bonchev–Trinajstić information content (AvgIpc) is 2.95. The van der Waals surface area contributed by atoms with E-state index in [0.717, 1.165) is 16.6 Å². The van der Waals surface area contributed by atoms with Gasteiger partial charge in [0.15, 0.2) is 16.6 Å². The van der Waals surface area contributed by atoms with Gasteiger partial charge in [0.2, 0.25) is 0 Å². The van der Waals surface area contributed by atoms with Crippen LogP contribution in [0.15, 0.2) is 30.6 Å². The maximum atomic E-state index is 4.30. The highest BCUT2D eigenvalue weighted by molar-refractivity contribution is 7.15. The molecule has 0 spiro atoms. The molecule has 1 unspecified atom stereocenters. The van der Waals surface area contributed by atoms with E-state index in [-0.39, 0.29) is 6.04 Å². The Balaban J connectivity index is 1.90. The van der Waals surface area contributed by atoms with Crippen molar-refractivity contribution in [2.75, 3.05) is 5.32 Å². The topological polar surface area (TPSA) is 55.1 Å². The molecule has 0 radical (unpaired) electrons. The second-order valence-corrected chi connectivity index (χ2v) is 5.36. The Morgan fingerprint density at radius 2 is 2.22 bits per heavy atom. The van der Waals surface area contributed by atoms with E-state index in [4.69, 9.17) is 0 Å². The lowest BCUT2D eigenvalue weighted by atomic mass is 10.3. The van der Waals surface area contributed by atoms with E-state index in [1.807, 2.05) is 41.9 Å². The van der Waals surface area contributed by atoms with E-state index in [2.05, 4.69) is 27.4 Å². The van der Waals surface area contributed by atoms with Crippen molar-refractivity contribution in [1.29, 1.82) is 0 Å². The van der Waals surface area contributed by atoms with Gasteiger partial charge >= 0.3 is 0 Å². The zero-order valence-electron chi connectivity index (χ0n) is 10.2. The van der Waals surface area contributed by atoms with E-state index in [1.54, 1.807) is 11.3 Å². The second-order valence-electron chi connectivity index (χ2n) is 4.13. The van der Waals surface area contributed by atoms with Crippen LogP contribution in [0.2, 0.25) is 0 Å². The molecule has 0 aliphatic heterocycles. The van der Waals surface area contributed by atoms with Crippen molar-refractivity contribution in [1.82, 2.24) is 19.6 Å². The van der Waals surface area contributed by atoms with E-state index >= 15 is 0 Å². The van der Waals surface area contributed by atoms with Gasteiger partial charge in [-0.3, -0.25) is 4.40 Å². The summed E-state index contributed by atoms with van der Waals surface area (Å²) in [6, 6.07) is 5.93. The SMILES string of the molecule is Cc1cnc(NC(C)c2nnc3ccccn23)s1. The highest BCUT2D eigenvalue weighted by Gasteiger charge is 2.13. The molecule has 0 saturated heterocycles. The molecular formula is C12H13N5S. The van der Waals surface area contributed by atoms with Crippen molar-refractivity contribution in [2.45, 2.75) is 19.9 Å². The predicted octanol–water partition coefficient (Wildman–Crippen LogP) is 2.67. The first kappa shape index (κ1) is 11.2. The Labute approximate surface area is 109 Å². The summed E-state index contributed by atoms with van der Waals surface area (Å²) in [5, 5.41) is 12.6. The number of anilines is 1. The fraction of sp³-hybridized carbons (Fsp3) is 0.250. The lowest BCUT2D eigenvalue weighted by molar-refractivity contribution is 0.772. The molecule has 1 N–H and O–H groups in total. The summed E-state index contributed by atoms with van der Waals surface area (Å²) in [5.74, 6) is 0.887. The first-order valence-electron chi connectivity index (χ1n) is 5.72. The lowest BCUT2D eigenvalue weighted by Gasteiger charge is -2.10. The molecule has 0 fully saturated rings. The molecule has 92 valence electrons. The van der Waals surface area contributed by atoms with Gasteiger partial charge in [-0.1, -0.05) is 6.07 Å². The van der Waals surface area contributed by atoms with Gasteiger partial charge in [0.25, 0.3) is 0 Å². The maximum absolute atomic E-state index is 4.30. The molecule has 6 heteroatoms. The zero-order chi connectivity index (χ0) is 12.5. The van der Waals surface area contributed by atoms with Crippen LogP contribution in [0.1, 0.15) is 23.7 Å². The minimum atomic E-state index is 0.0629. The molecule has 0 aromatic carbocycles. The Kier molecular flexibility index (Phi) is 2.71. The molecule has 3 aromatic rings. The highest BCUT2D eigenvalue weighted by Crippen LogP contribution is 2.22. The van der Waals surface area contributed by atoms with Crippen molar-refractivity contribution in [3.05, 3.63) is 41.3 Å². The van der Waals surface area contributed by atoms with Crippen LogP contribution in [-0.2, 0) is 0 Å². The van der Waals surface area contributed by atoms with Gasteiger partial charge in [0, 0.05) is 17.3 Å². The van der Waals surface area contributed by atoms with Gasteiger partial charge in [-0.2, -0.15) is 0 Å². The number of aromatic nitrogens is 4. The number of thiazole rings is 1. The summed E-state index contributed by atoms with van der Waals surface area (Å²) in [6.45, 7) is 4.10. The molecule has 0 amide bonds. The number of fused-ring (bicyclic) bond motifs is 1. The standard InChI is InChI=1S/C12H13N5S/c1-8-7-13-12(18-8)14-9(2)11-16-15-10-5-3-4-6-17(10)11/h3-7,9H,1-2H3,(H,13,14). The van der Waals surface area contributed by atoms with Gasteiger partial charge in [-0.15, -0.1) is 21.5 Å². The van der Waals surface area contributed by atoms with E-state index in [9.17, 15) is 0 Å². The van der Waals surface area contributed by atoms with Gasteiger partial charge in [0.05, 0.1) is 6.04 Å². The van der Waals surface area contributed by atoms with Gasteiger partial charge in [0.1, 0.15) is 0 Å². The van der Waals surface area contributed by atoms with Crippen LogP contribution in [0.25, 0.3) is 5.65 Å². The lowest BCUT2D eigenvalue weighted by Crippen LogP contribution is -2.10. The third-order valence-electron chi connectivity index (χ3n) is 2.69. The number of rotatable bonds is 3. The van der Waals surface area contributed by atoms with Crippen molar-refractivity contribution in [3.8, 4) is 0 Å². The van der Waals surface area contributed by atoms with E-state index < -0.39 is 0 Å². The zero-order valence-corrected chi connectivity index (χ0v) is 11.0. The summed E-state index contributed by atoms with van der Waals surface area (Å²) >= 11 is 1.64. The predicted molar refractivity (Wildman–Crippen MR) is 71.9 cm³/mol. The van der Waals surface area contributed by atoms with Crippen LogP contribution < -0.4 is 5.32 Å². The quantitative estimate of drug-likeness (QED) is 0.785. The van der Waals surface area contributed by atoms with E-state index in [1.165, 1.54) is 4.88 Å². The molecule has 0 aliphatic rings. The molecule has 0 bridgehead atoms. The fourth-order valence-electron chi connectivity index (χ4n) is 1.83. The highest BCUT2D eigenvalue weighted by atomic mass is 32.1. The Morgan fingerprint density at radius 3 is 3.00 bits per heavy atom. The van der Waals surface area contributed by atoms with Gasteiger partial charge < -0.3 is 5.32 Å². The normalized spacial score (nSPS) is 12.8. The number of aryl methyl sites for hydroxylation is 1. The first-order valence-corrected chi connectivity index (χ1v) is 6.54. The molecule has 3 rings (SSSR count). The van der Waals surface area contributed by atoms with Crippen LogP contribution in [0.4, 0.5) is 5.13 Å². The van der Waals surface area contributed by atoms with Gasteiger partial charge in [-0.05, 0) is 26.0 Å². The van der Waals surface area contributed by atoms with Crippen molar-refractivity contribution < 1.29 is 0 Å². The number of nitrogens with one attached hydrogen (secondary N) is 1. The molecule has 3 heterocycles. The maximum Gasteiger partial charge on any atom is 0.183 e. The summed E-state index contributed by atoms with van der Waals surface area (Å²) in [6.07, 6.45) is 3.83. The van der Waals surface area contributed by atoms with Crippen LogP contribution in [0, 0.1) is 6.92 Å². The fourth-order valence-corrected chi connectivity index (χ4v) is 2.58. The first-order chi connectivity index (χ1) is 8.74. The average molecular weight is 259 g/mol. The molecule has 1 atom stereocenters.